The number of hydrogen-bond donors (Lipinski definition) is 1. The Morgan fingerprint density at radius 3 is 2.60 bits per heavy atom. The van der Waals surface area contributed by atoms with Gasteiger partial charge in [0.2, 0.25) is 0 Å². The molecule has 2 rings (SSSR count). The minimum Gasteiger partial charge on any atom is -0.315 e. The van der Waals surface area contributed by atoms with Crippen LogP contribution in [0.3, 0.4) is 0 Å². The number of nitrogens with one attached hydrogen (secondary N) is 1. The Bertz CT molecular complexity index is 193. The zero-order chi connectivity index (χ0) is 10.7. The third kappa shape index (κ3) is 2.73. The molecule has 1 aliphatic heterocycles. The minimum absolute atomic E-state index is 0.754. The van der Waals surface area contributed by atoms with E-state index in [-0.39, 0.29) is 0 Å². The quantitative estimate of drug-likeness (QED) is 0.752. The Morgan fingerprint density at radius 1 is 1.07 bits per heavy atom. The van der Waals surface area contributed by atoms with Gasteiger partial charge in [-0.2, -0.15) is 0 Å². The predicted octanol–water partition coefficient (Wildman–Crippen LogP) is 2.25. The summed E-state index contributed by atoms with van der Waals surface area (Å²) in [6, 6.07) is 1.58. The fourth-order valence-electron chi connectivity index (χ4n) is 3.41. The average molecular weight is 210 g/mol. The second kappa shape index (κ2) is 5.31. The van der Waals surface area contributed by atoms with Gasteiger partial charge in [-0.1, -0.05) is 19.8 Å². The molecule has 0 radical (unpaired) electrons. The summed E-state index contributed by atoms with van der Waals surface area (Å²) in [7, 11) is 2.14. The van der Waals surface area contributed by atoms with Gasteiger partial charge in [-0.15, -0.1) is 0 Å². The van der Waals surface area contributed by atoms with Crippen molar-refractivity contribution in [2.45, 2.75) is 57.5 Å². The molecule has 2 nitrogen and oxygen atoms in total. The lowest BCUT2D eigenvalue weighted by atomic mass is 9.87. The second-order valence-electron chi connectivity index (χ2n) is 5.49. The molecule has 3 unspecified atom stereocenters. The Morgan fingerprint density at radius 2 is 1.87 bits per heavy atom. The van der Waals surface area contributed by atoms with Gasteiger partial charge in [-0.3, -0.25) is 4.90 Å². The summed E-state index contributed by atoms with van der Waals surface area (Å²) in [5.41, 5.74) is 0. The molecule has 1 saturated carbocycles. The molecule has 2 heteroatoms. The Balaban J connectivity index is 1.94. The smallest absolute Gasteiger partial charge is 0.0249 e. The zero-order valence-corrected chi connectivity index (χ0v) is 10.3. The molecule has 2 aliphatic rings. The molecule has 1 saturated heterocycles. The first-order valence-corrected chi connectivity index (χ1v) is 6.72. The van der Waals surface area contributed by atoms with E-state index in [1.54, 1.807) is 0 Å². The molecule has 15 heavy (non-hydrogen) atoms. The first-order valence-electron chi connectivity index (χ1n) is 6.72. The van der Waals surface area contributed by atoms with Gasteiger partial charge in [0.05, 0.1) is 0 Å². The van der Waals surface area contributed by atoms with Crippen molar-refractivity contribution in [3.05, 3.63) is 0 Å². The number of piperidine rings is 1. The van der Waals surface area contributed by atoms with Gasteiger partial charge in [0, 0.05) is 18.6 Å². The number of likely N-dealkylation sites (N-methyl/N-ethyl adjacent to an activating group) is 1. The van der Waals surface area contributed by atoms with Crippen molar-refractivity contribution < 1.29 is 0 Å². The van der Waals surface area contributed by atoms with Crippen molar-refractivity contribution >= 4 is 0 Å². The fraction of sp³-hybridized carbons (Fsp3) is 1.00. The lowest BCUT2D eigenvalue weighted by molar-refractivity contribution is 0.0824. The monoisotopic (exact) mass is 210 g/mol. The van der Waals surface area contributed by atoms with Gasteiger partial charge < -0.3 is 5.32 Å². The summed E-state index contributed by atoms with van der Waals surface area (Å²) in [5, 5.41) is 3.52. The Kier molecular flexibility index (Phi) is 4.04. The Hall–Kier alpha value is -0.0800. The molecule has 3 atom stereocenters. The molecule has 88 valence electrons. The van der Waals surface area contributed by atoms with Crippen molar-refractivity contribution in [3.8, 4) is 0 Å². The fourth-order valence-corrected chi connectivity index (χ4v) is 3.41. The summed E-state index contributed by atoms with van der Waals surface area (Å²) in [4.78, 5) is 2.76. The Labute approximate surface area is 94.4 Å². The molecule has 0 aromatic rings. The molecule has 1 heterocycles. The van der Waals surface area contributed by atoms with E-state index in [0.29, 0.717) is 0 Å². The highest BCUT2D eigenvalue weighted by Crippen LogP contribution is 2.27. The molecular formula is C13H26N2. The maximum absolute atomic E-state index is 3.52. The van der Waals surface area contributed by atoms with Crippen molar-refractivity contribution in [2.75, 3.05) is 20.1 Å². The predicted molar refractivity (Wildman–Crippen MR) is 65.1 cm³/mol. The molecule has 2 fully saturated rings. The normalized spacial score (nSPS) is 39.2. The number of hydrogen-bond acceptors (Lipinski definition) is 2. The van der Waals surface area contributed by atoms with Crippen LogP contribution in [0.4, 0.5) is 0 Å². The lowest BCUT2D eigenvalue weighted by Crippen LogP contribution is -2.53. The van der Waals surface area contributed by atoms with Crippen LogP contribution >= 0.6 is 0 Å². The second-order valence-corrected chi connectivity index (χ2v) is 5.49. The first kappa shape index (κ1) is 11.4. The number of likely N-dealkylation sites (tertiary alicyclic amines) is 1. The van der Waals surface area contributed by atoms with Crippen LogP contribution < -0.4 is 5.32 Å². The van der Waals surface area contributed by atoms with E-state index in [1.165, 1.54) is 51.6 Å². The summed E-state index contributed by atoms with van der Waals surface area (Å²) in [6.45, 7) is 5.08. The standard InChI is InChI=1S/C13H26N2/c1-11-6-5-9-15(10-11)13-8-4-3-7-12(13)14-2/h11-14H,3-10H2,1-2H3. The van der Waals surface area contributed by atoms with Crippen LogP contribution in [-0.4, -0.2) is 37.1 Å². The van der Waals surface area contributed by atoms with Gasteiger partial charge in [0.25, 0.3) is 0 Å². The highest BCUT2D eigenvalue weighted by molar-refractivity contribution is 4.89. The van der Waals surface area contributed by atoms with Gasteiger partial charge in [-0.05, 0) is 45.2 Å². The molecule has 0 bridgehead atoms. The average Bonchev–Trinajstić information content (AvgIpc) is 2.29. The summed E-state index contributed by atoms with van der Waals surface area (Å²) >= 11 is 0. The van der Waals surface area contributed by atoms with Crippen LogP contribution in [0.5, 0.6) is 0 Å². The van der Waals surface area contributed by atoms with Gasteiger partial charge in [0.15, 0.2) is 0 Å². The van der Waals surface area contributed by atoms with Crippen molar-refractivity contribution in [1.29, 1.82) is 0 Å². The van der Waals surface area contributed by atoms with E-state index in [1.807, 2.05) is 0 Å². The number of nitrogens with zero attached hydrogens (tertiary/aromatic N) is 1. The van der Waals surface area contributed by atoms with Crippen LogP contribution in [-0.2, 0) is 0 Å². The van der Waals surface area contributed by atoms with Crippen molar-refractivity contribution in [1.82, 2.24) is 10.2 Å². The number of rotatable bonds is 2. The molecule has 1 N–H and O–H groups in total. The van der Waals surface area contributed by atoms with E-state index in [4.69, 9.17) is 0 Å². The molecule has 1 aliphatic carbocycles. The molecular weight excluding hydrogens is 184 g/mol. The third-order valence-electron chi connectivity index (χ3n) is 4.26. The first-order chi connectivity index (χ1) is 7.31. The molecule has 0 aromatic heterocycles. The highest BCUT2D eigenvalue weighted by Gasteiger charge is 2.31. The molecule has 0 aromatic carbocycles. The largest absolute Gasteiger partial charge is 0.315 e. The van der Waals surface area contributed by atoms with Crippen LogP contribution in [0, 0.1) is 5.92 Å². The van der Waals surface area contributed by atoms with Gasteiger partial charge in [-0.25, -0.2) is 0 Å². The van der Waals surface area contributed by atoms with Crippen molar-refractivity contribution in [3.63, 3.8) is 0 Å². The molecule has 0 spiro atoms. The minimum atomic E-state index is 0.754. The van der Waals surface area contributed by atoms with Gasteiger partial charge in [0.1, 0.15) is 0 Å². The van der Waals surface area contributed by atoms with E-state index >= 15 is 0 Å². The third-order valence-corrected chi connectivity index (χ3v) is 4.26. The van der Waals surface area contributed by atoms with E-state index < -0.39 is 0 Å². The lowest BCUT2D eigenvalue weighted by Gasteiger charge is -2.43. The van der Waals surface area contributed by atoms with Crippen LogP contribution in [0.15, 0.2) is 0 Å². The summed E-state index contributed by atoms with van der Waals surface area (Å²) in [5.74, 6) is 0.915. The van der Waals surface area contributed by atoms with E-state index in [2.05, 4.69) is 24.2 Å². The van der Waals surface area contributed by atoms with Crippen LogP contribution in [0.2, 0.25) is 0 Å². The van der Waals surface area contributed by atoms with E-state index in [0.717, 1.165) is 18.0 Å². The summed E-state index contributed by atoms with van der Waals surface area (Å²) < 4.78 is 0. The zero-order valence-electron chi connectivity index (χ0n) is 10.3. The van der Waals surface area contributed by atoms with Crippen molar-refractivity contribution in [2.24, 2.45) is 5.92 Å². The van der Waals surface area contributed by atoms with Gasteiger partial charge >= 0.3 is 0 Å². The van der Waals surface area contributed by atoms with E-state index in [9.17, 15) is 0 Å². The highest BCUT2D eigenvalue weighted by atomic mass is 15.2. The molecule has 0 amide bonds. The topological polar surface area (TPSA) is 15.3 Å². The van der Waals surface area contributed by atoms with Crippen LogP contribution in [0.25, 0.3) is 0 Å². The maximum Gasteiger partial charge on any atom is 0.0249 e. The van der Waals surface area contributed by atoms with Crippen LogP contribution in [0.1, 0.15) is 45.4 Å². The summed E-state index contributed by atoms with van der Waals surface area (Å²) in [6.07, 6.45) is 8.50. The maximum atomic E-state index is 3.52. The SMILES string of the molecule is CNC1CCCCC1N1CCCC(C)C1.